The minimum absolute atomic E-state index is 0.106. The molecule has 0 saturated heterocycles. The van der Waals surface area contributed by atoms with Gasteiger partial charge in [0.1, 0.15) is 0 Å². The normalized spacial score (nSPS) is 11.2. The Morgan fingerprint density at radius 1 is 1.00 bits per heavy atom. The van der Waals surface area contributed by atoms with Crippen molar-refractivity contribution in [3.8, 4) is 0 Å². The molecule has 2 heterocycles. The summed E-state index contributed by atoms with van der Waals surface area (Å²) in [6.45, 7) is 0.526. The molecule has 2 aromatic heterocycles. The molecule has 0 fully saturated rings. The van der Waals surface area contributed by atoms with Gasteiger partial charge in [-0.05, 0) is 59.1 Å². The van der Waals surface area contributed by atoms with E-state index in [9.17, 15) is 4.79 Å². The van der Waals surface area contributed by atoms with E-state index in [4.69, 9.17) is 28.9 Å². The molecule has 0 aliphatic heterocycles. The van der Waals surface area contributed by atoms with Gasteiger partial charge in [-0.15, -0.1) is 0 Å². The summed E-state index contributed by atoms with van der Waals surface area (Å²) in [5.41, 5.74) is 10.8. The number of carbonyl (C=O) groups is 1. The molecular formula is C27H21Cl2N7O. The Balaban J connectivity index is 1.29. The Kier molecular flexibility index (Phi) is 7.02. The number of anilines is 4. The van der Waals surface area contributed by atoms with Crippen molar-refractivity contribution in [1.82, 2.24) is 19.5 Å². The number of nitrogens with one attached hydrogen (secondary N) is 2. The summed E-state index contributed by atoms with van der Waals surface area (Å²) < 4.78 is 1.90. The molecule has 8 nitrogen and oxygen atoms in total. The van der Waals surface area contributed by atoms with Gasteiger partial charge in [-0.3, -0.25) is 4.79 Å². The molecule has 0 aliphatic rings. The number of amides is 1. The number of hydrogen-bond acceptors (Lipinski definition) is 6. The minimum atomic E-state index is -0.259. The second-order valence-corrected chi connectivity index (χ2v) is 8.95. The SMILES string of the molecule is Nc1ccccc1NC(=O)/C=C/c1ccc(Cn2cnc3c(Nc4cccc(Cl)c4)nc(Cl)nc32)cc1. The molecule has 0 atom stereocenters. The lowest BCUT2D eigenvalue weighted by molar-refractivity contribution is -0.111. The van der Waals surface area contributed by atoms with Gasteiger partial charge in [0, 0.05) is 16.8 Å². The Bertz CT molecular complexity index is 1610. The fourth-order valence-electron chi connectivity index (χ4n) is 3.71. The summed E-state index contributed by atoms with van der Waals surface area (Å²) in [6.07, 6.45) is 4.91. The second-order valence-electron chi connectivity index (χ2n) is 8.17. The number of para-hydroxylation sites is 2. The van der Waals surface area contributed by atoms with Crippen LogP contribution in [-0.4, -0.2) is 25.4 Å². The topological polar surface area (TPSA) is 111 Å². The maximum absolute atomic E-state index is 12.2. The van der Waals surface area contributed by atoms with Crippen molar-refractivity contribution in [2.45, 2.75) is 6.54 Å². The summed E-state index contributed by atoms with van der Waals surface area (Å²) >= 11 is 12.3. The fourth-order valence-corrected chi connectivity index (χ4v) is 4.07. The summed E-state index contributed by atoms with van der Waals surface area (Å²) in [5.74, 6) is 0.234. The van der Waals surface area contributed by atoms with E-state index < -0.39 is 0 Å². The highest BCUT2D eigenvalue weighted by Crippen LogP contribution is 2.26. The highest BCUT2D eigenvalue weighted by Gasteiger charge is 2.13. The van der Waals surface area contributed by atoms with E-state index in [2.05, 4.69) is 25.6 Å². The molecule has 0 unspecified atom stereocenters. The molecule has 5 aromatic rings. The quantitative estimate of drug-likeness (QED) is 0.132. The molecular weight excluding hydrogens is 509 g/mol. The summed E-state index contributed by atoms with van der Waals surface area (Å²) in [4.78, 5) is 25.4. The molecule has 184 valence electrons. The van der Waals surface area contributed by atoms with E-state index >= 15 is 0 Å². The van der Waals surface area contributed by atoms with Gasteiger partial charge in [0.25, 0.3) is 0 Å². The van der Waals surface area contributed by atoms with E-state index in [0.29, 0.717) is 39.9 Å². The molecule has 37 heavy (non-hydrogen) atoms. The van der Waals surface area contributed by atoms with Crippen LogP contribution in [0.1, 0.15) is 11.1 Å². The van der Waals surface area contributed by atoms with Crippen molar-refractivity contribution in [2.24, 2.45) is 0 Å². The largest absolute Gasteiger partial charge is 0.397 e. The second kappa shape index (κ2) is 10.7. The number of nitrogen functional groups attached to an aromatic ring is 1. The minimum Gasteiger partial charge on any atom is -0.397 e. The predicted octanol–water partition coefficient (Wildman–Crippen LogP) is 6.16. The molecule has 5 rings (SSSR count). The number of carbonyl (C=O) groups excluding carboxylic acids is 1. The first-order valence-electron chi connectivity index (χ1n) is 11.3. The van der Waals surface area contributed by atoms with Crippen molar-refractivity contribution >= 4 is 69.2 Å². The van der Waals surface area contributed by atoms with Crippen molar-refractivity contribution in [1.29, 1.82) is 0 Å². The Morgan fingerprint density at radius 2 is 1.81 bits per heavy atom. The zero-order valence-corrected chi connectivity index (χ0v) is 20.9. The number of benzene rings is 3. The third-order valence-corrected chi connectivity index (χ3v) is 5.91. The van der Waals surface area contributed by atoms with Crippen LogP contribution >= 0.6 is 23.2 Å². The average molecular weight is 530 g/mol. The number of rotatable bonds is 7. The average Bonchev–Trinajstić information content (AvgIpc) is 3.27. The lowest BCUT2D eigenvalue weighted by atomic mass is 10.1. The number of fused-ring (bicyclic) bond motifs is 1. The molecule has 0 saturated carbocycles. The molecule has 1 amide bonds. The van der Waals surface area contributed by atoms with Crippen molar-refractivity contribution in [2.75, 3.05) is 16.4 Å². The van der Waals surface area contributed by atoms with Crippen LogP contribution in [0.15, 0.2) is 85.2 Å². The van der Waals surface area contributed by atoms with Crippen LogP contribution in [0.3, 0.4) is 0 Å². The first kappa shape index (κ1) is 24.3. The van der Waals surface area contributed by atoms with Crippen LogP contribution in [0.25, 0.3) is 17.2 Å². The Hall–Kier alpha value is -4.40. The fraction of sp³-hybridized carbons (Fsp3) is 0.0370. The number of aromatic nitrogens is 4. The van der Waals surface area contributed by atoms with Crippen molar-refractivity contribution < 1.29 is 4.79 Å². The van der Waals surface area contributed by atoms with Crippen LogP contribution < -0.4 is 16.4 Å². The standard InChI is InChI=1S/C27H21Cl2N7O/c28-19-4-3-5-20(14-19)32-25-24-26(35-27(29)34-25)36(16-31-24)15-18-10-8-17(9-11-18)12-13-23(37)33-22-7-2-1-6-21(22)30/h1-14,16H,15,30H2,(H,33,37)(H,32,34,35)/b13-12+. The van der Waals surface area contributed by atoms with Crippen LogP contribution in [-0.2, 0) is 11.3 Å². The van der Waals surface area contributed by atoms with Gasteiger partial charge in [-0.1, -0.05) is 54.1 Å². The van der Waals surface area contributed by atoms with Gasteiger partial charge < -0.3 is 20.9 Å². The molecule has 4 N–H and O–H groups in total. The molecule has 0 radical (unpaired) electrons. The number of nitrogens with zero attached hydrogens (tertiary/aromatic N) is 4. The Labute approximate surface area is 222 Å². The number of hydrogen-bond donors (Lipinski definition) is 3. The van der Waals surface area contributed by atoms with Gasteiger partial charge in [0.2, 0.25) is 11.2 Å². The molecule has 0 bridgehead atoms. The molecule has 0 aliphatic carbocycles. The first-order chi connectivity index (χ1) is 17.9. The Morgan fingerprint density at radius 3 is 2.59 bits per heavy atom. The van der Waals surface area contributed by atoms with Gasteiger partial charge in [-0.2, -0.15) is 9.97 Å². The van der Waals surface area contributed by atoms with Crippen LogP contribution in [0.5, 0.6) is 0 Å². The van der Waals surface area contributed by atoms with Crippen molar-refractivity contribution in [3.63, 3.8) is 0 Å². The van der Waals surface area contributed by atoms with E-state index in [1.807, 2.05) is 53.1 Å². The third-order valence-electron chi connectivity index (χ3n) is 5.50. The van der Waals surface area contributed by atoms with Gasteiger partial charge in [-0.25, -0.2) is 4.98 Å². The molecule has 0 spiro atoms. The summed E-state index contributed by atoms with van der Waals surface area (Å²) in [7, 11) is 0. The lowest BCUT2D eigenvalue weighted by Crippen LogP contribution is -2.09. The van der Waals surface area contributed by atoms with Crippen LogP contribution in [0, 0.1) is 0 Å². The maximum atomic E-state index is 12.2. The lowest BCUT2D eigenvalue weighted by Gasteiger charge is -2.08. The van der Waals surface area contributed by atoms with E-state index in [0.717, 1.165) is 16.8 Å². The smallest absolute Gasteiger partial charge is 0.248 e. The molecule has 3 aromatic carbocycles. The van der Waals surface area contributed by atoms with Crippen molar-refractivity contribution in [3.05, 3.63) is 107 Å². The van der Waals surface area contributed by atoms with E-state index in [-0.39, 0.29) is 11.2 Å². The number of halogens is 2. The van der Waals surface area contributed by atoms with Crippen LogP contribution in [0.2, 0.25) is 10.3 Å². The third kappa shape index (κ3) is 5.88. The zero-order valence-electron chi connectivity index (χ0n) is 19.4. The highest BCUT2D eigenvalue weighted by atomic mass is 35.5. The zero-order chi connectivity index (χ0) is 25.8. The number of nitrogens with two attached hydrogens (primary N) is 1. The van der Waals surface area contributed by atoms with E-state index in [1.54, 1.807) is 36.7 Å². The number of imidazole rings is 1. The van der Waals surface area contributed by atoms with E-state index in [1.165, 1.54) is 6.08 Å². The van der Waals surface area contributed by atoms with Gasteiger partial charge in [0.05, 0.1) is 24.2 Å². The van der Waals surface area contributed by atoms with Gasteiger partial charge in [0.15, 0.2) is 17.0 Å². The summed E-state index contributed by atoms with van der Waals surface area (Å²) in [6, 6.07) is 22.2. The first-order valence-corrected chi connectivity index (χ1v) is 12.0. The van der Waals surface area contributed by atoms with Gasteiger partial charge >= 0.3 is 0 Å². The summed E-state index contributed by atoms with van der Waals surface area (Å²) in [5, 5.41) is 6.69. The monoisotopic (exact) mass is 529 g/mol. The van der Waals surface area contributed by atoms with Crippen LogP contribution in [0.4, 0.5) is 22.9 Å². The highest BCUT2D eigenvalue weighted by molar-refractivity contribution is 6.31. The predicted molar refractivity (Wildman–Crippen MR) is 149 cm³/mol. The maximum Gasteiger partial charge on any atom is 0.248 e. The molecule has 10 heteroatoms.